The van der Waals surface area contributed by atoms with E-state index in [1.165, 1.54) is 22.3 Å². The fourth-order valence-corrected chi connectivity index (χ4v) is 6.75. The number of aryl methyl sites for hydroxylation is 1. The first-order valence-corrected chi connectivity index (χ1v) is 16.8. The Bertz CT molecular complexity index is 2640. The fourth-order valence-electron chi connectivity index (χ4n) is 6.75. The van der Waals surface area contributed by atoms with Gasteiger partial charge in [0, 0.05) is 27.5 Å². The molecule has 0 aliphatic carbocycles. The Morgan fingerprint density at radius 3 is 1.64 bits per heavy atom. The molecule has 0 radical (unpaired) electrons. The molecule has 4 heteroatoms. The summed E-state index contributed by atoms with van der Waals surface area (Å²) in [5.74, 6) is 1.84. The molecular formula is C46H31N3O. The van der Waals surface area contributed by atoms with Crippen molar-refractivity contribution in [3.63, 3.8) is 0 Å². The molecule has 0 aliphatic heterocycles. The molecule has 0 saturated carbocycles. The Morgan fingerprint density at radius 2 is 0.900 bits per heavy atom. The monoisotopic (exact) mass is 641 g/mol. The maximum Gasteiger partial charge on any atom is 0.164 e. The van der Waals surface area contributed by atoms with E-state index >= 15 is 0 Å². The standard InChI is InChI=1S/C46H31N3O/c1-30-12-8-9-19-38(30)32-22-24-34(25-23-32)45-47-44(33-15-6-3-7-16-33)48-46(49-45)37-26-27-40-42(29-37)50-41-21-11-20-39(43(40)41)36-18-10-17-35(28-36)31-13-4-2-5-14-31/h2-29H,1H3. The molecule has 0 atom stereocenters. The molecule has 4 nitrogen and oxygen atoms in total. The zero-order valence-electron chi connectivity index (χ0n) is 27.4. The Hall–Kier alpha value is -6.65. The lowest BCUT2D eigenvalue weighted by Gasteiger charge is -2.10. The zero-order chi connectivity index (χ0) is 33.4. The van der Waals surface area contributed by atoms with Gasteiger partial charge in [-0.1, -0.05) is 146 Å². The van der Waals surface area contributed by atoms with Gasteiger partial charge in [0.1, 0.15) is 11.2 Å². The van der Waals surface area contributed by atoms with Crippen molar-refractivity contribution < 1.29 is 4.42 Å². The minimum Gasteiger partial charge on any atom is -0.456 e. The molecule has 0 N–H and O–H groups in total. The lowest BCUT2D eigenvalue weighted by molar-refractivity contribution is 0.669. The molecule has 2 heterocycles. The Labute approximate surface area is 290 Å². The number of hydrogen-bond donors (Lipinski definition) is 0. The Kier molecular flexibility index (Phi) is 7.33. The van der Waals surface area contributed by atoms with E-state index in [4.69, 9.17) is 19.4 Å². The molecule has 0 spiro atoms. The van der Waals surface area contributed by atoms with E-state index in [1.54, 1.807) is 0 Å². The summed E-state index contributed by atoms with van der Waals surface area (Å²) in [6.45, 7) is 2.14. The van der Waals surface area contributed by atoms with Gasteiger partial charge < -0.3 is 4.42 Å². The van der Waals surface area contributed by atoms with Crippen molar-refractivity contribution in [2.75, 3.05) is 0 Å². The van der Waals surface area contributed by atoms with Crippen LogP contribution in [-0.2, 0) is 0 Å². The zero-order valence-corrected chi connectivity index (χ0v) is 27.4. The molecule has 9 rings (SSSR count). The largest absolute Gasteiger partial charge is 0.456 e. The van der Waals surface area contributed by atoms with Gasteiger partial charge in [0.25, 0.3) is 0 Å². The van der Waals surface area contributed by atoms with Gasteiger partial charge in [0.2, 0.25) is 0 Å². The van der Waals surface area contributed by atoms with E-state index < -0.39 is 0 Å². The summed E-state index contributed by atoms with van der Waals surface area (Å²) in [5.41, 5.74) is 12.6. The third kappa shape index (κ3) is 5.43. The molecular weight excluding hydrogens is 611 g/mol. The highest BCUT2D eigenvalue weighted by Crippen LogP contribution is 2.39. The van der Waals surface area contributed by atoms with Gasteiger partial charge >= 0.3 is 0 Å². The van der Waals surface area contributed by atoms with E-state index in [0.717, 1.165) is 55.3 Å². The minimum atomic E-state index is 0.593. The van der Waals surface area contributed by atoms with Crippen LogP contribution in [0.3, 0.4) is 0 Å². The van der Waals surface area contributed by atoms with Crippen LogP contribution < -0.4 is 0 Å². The van der Waals surface area contributed by atoms with Gasteiger partial charge in [-0.3, -0.25) is 0 Å². The maximum atomic E-state index is 6.52. The average Bonchev–Trinajstić information content (AvgIpc) is 3.57. The van der Waals surface area contributed by atoms with Gasteiger partial charge in [-0.2, -0.15) is 0 Å². The molecule has 0 aliphatic rings. The minimum absolute atomic E-state index is 0.593. The van der Waals surface area contributed by atoms with Crippen LogP contribution >= 0.6 is 0 Å². The number of furan rings is 1. The van der Waals surface area contributed by atoms with Crippen molar-refractivity contribution in [2.45, 2.75) is 6.92 Å². The first-order chi connectivity index (χ1) is 24.7. The number of aromatic nitrogens is 3. The number of hydrogen-bond acceptors (Lipinski definition) is 4. The van der Waals surface area contributed by atoms with E-state index in [-0.39, 0.29) is 0 Å². The lowest BCUT2D eigenvalue weighted by atomic mass is 9.96. The van der Waals surface area contributed by atoms with Gasteiger partial charge in [0.05, 0.1) is 0 Å². The lowest BCUT2D eigenvalue weighted by Crippen LogP contribution is -2.00. The molecule has 0 amide bonds. The highest BCUT2D eigenvalue weighted by atomic mass is 16.3. The number of benzene rings is 7. The quantitative estimate of drug-likeness (QED) is 0.181. The summed E-state index contributed by atoms with van der Waals surface area (Å²) < 4.78 is 6.52. The van der Waals surface area contributed by atoms with Crippen molar-refractivity contribution in [3.05, 3.63) is 175 Å². The van der Waals surface area contributed by atoms with Crippen molar-refractivity contribution in [2.24, 2.45) is 0 Å². The SMILES string of the molecule is Cc1ccccc1-c1ccc(-c2nc(-c3ccccc3)nc(-c3ccc4c(c3)oc3cccc(-c5cccc(-c6ccccc6)c5)c34)n2)cc1. The summed E-state index contributed by atoms with van der Waals surface area (Å²) in [7, 11) is 0. The summed E-state index contributed by atoms with van der Waals surface area (Å²) in [6.07, 6.45) is 0. The average molecular weight is 642 g/mol. The maximum absolute atomic E-state index is 6.52. The second-order valence-electron chi connectivity index (χ2n) is 12.5. The van der Waals surface area contributed by atoms with Crippen LogP contribution in [0.2, 0.25) is 0 Å². The Morgan fingerprint density at radius 1 is 0.360 bits per heavy atom. The van der Waals surface area contributed by atoms with Crippen LogP contribution in [0, 0.1) is 6.92 Å². The number of nitrogens with zero attached hydrogens (tertiary/aromatic N) is 3. The van der Waals surface area contributed by atoms with Crippen LogP contribution in [0.25, 0.3) is 89.5 Å². The second-order valence-corrected chi connectivity index (χ2v) is 12.5. The number of rotatable bonds is 6. The van der Waals surface area contributed by atoms with E-state index in [0.29, 0.717) is 17.5 Å². The third-order valence-electron chi connectivity index (χ3n) is 9.30. The smallest absolute Gasteiger partial charge is 0.164 e. The van der Waals surface area contributed by atoms with Gasteiger partial charge in [-0.25, -0.2) is 15.0 Å². The summed E-state index contributed by atoms with van der Waals surface area (Å²) in [6, 6.07) is 58.6. The van der Waals surface area contributed by atoms with E-state index in [2.05, 4.69) is 134 Å². The van der Waals surface area contributed by atoms with Gasteiger partial charge in [0.15, 0.2) is 17.5 Å². The van der Waals surface area contributed by atoms with Crippen LogP contribution in [0.5, 0.6) is 0 Å². The molecule has 50 heavy (non-hydrogen) atoms. The summed E-state index contributed by atoms with van der Waals surface area (Å²) in [4.78, 5) is 14.9. The third-order valence-corrected chi connectivity index (χ3v) is 9.30. The summed E-state index contributed by atoms with van der Waals surface area (Å²) in [5, 5.41) is 2.14. The number of fused-ring (bicyclic) bond motifs is 3. The molecule has 0 saturated heterocycles. The molecule has 0 fully saturated rings. The summed E-state index contributed by atoms with van der Waals surface area (Å²) >= 11 is 0. The van der Waals surface area contributed by atoms with Crippen LogP contribution in [0.4, 0.5) is 0 Å². The van der Waals surface area contributed by atoms with Gasteiger partial charge in [-0.05, 0) is 70.1 Å². The van der Waals surface area contributed by atoms with Crippen LogP contribution in [0.1, 0.15) is 5.56 Å². The highest BCUT2D eigenvalue weighted by Gasteiger charge is 2.17. The fraction of sp³-hybridized carbons (Fsp3) is 0.0217. The normalized spacial score (nSPS) is 11.3. The van der Waals surface area contributed by atoms with Crippen LogP contribution in [0.15, 0.2) is 174 Å². The molecule has 9 aromatic rings. The molecule has 7 aromatic carbocycles. The van der Waals surface area contributed by atoms with Crippen molar-refractivity contribution in [1.29, 1.82) is 0 Å². The Balaban J connectivity index is 1.14. The highest BCUT2D eigenvalue weighted by molar-refractivity contribution is 6.13. The first-order valence-electron chi connectivity index (χ1n) is 16.8. The predicted molar refractivity (Wildman–Crippen MR) is 204 cm³/mol. The van der Waals surface area contributed by atoms with E-state index in [9.17, 15) is 0 Å². The van der Waals surface area contributed by atoms with Gasteiger partial charge in [-0.15, -0.1) is 0 Å². The van der Waals surface area contributed by atoms with Crippen molar-refractivity contribution >= 4 is 21.9 Å². The molecule has 0 bridgehead atoms. The molecule has 0 unspecified atom stereocenters. The van der Waals surface area contributed by atoms with Crippen LogP contribution in [-0.4, -0.2) is 15.0 Å². The van der Waals surface area contributed by atoms with Crippen molar-refractivity contribution in [3.8, 4) is 67.5 Å². The van der Waals surface area contributed by atoms with E-state index in [1.807, 2.05) is 42.5 Å². The predicted octanol–water partition coefficient (Wildman–Crippen LogP) is 12.1. The topological polar surface area (TPSA) is 51.8 Å². The molecule has 2 aromatic heterocycles. The first kappa shape index (κ1) is 29.5. The van der Waals surface area contributed by atoms with Crippen molar-refractivity contribution in [1.82, 2.24) is 15.0 Å². The molecule has 236 valence electrons. The second kappa shape index (κ2) is 12.4.